The first-order valence-electron chi connectivity index (χ1n) is 5.63. The number of aliphatic hydroxyl groups is 1. The van der Waals surface area contributed by atoms with Gasteiger partial charge in [0.05, 0.1) is 11.0 Å². The van der Waals surface area contributed by atoms with E-state index in [1.165, 1.54) is 24.3 Å². The topological polar surface area (TPSA) is 85.5 Å². The quantitative estimate of drug-likeness (QED) is 0.674. The Kier molecular flexibility index (Phi) is 3.72. The van der Waals surface area contributed by atoms with Crippen molar-refractivity contribution in [2.24, 2.45) is 0 Å². The first kappa shape index (κ1) is 13.0. The maximum absolute atomic E-state index is 10.5. The summed E-state index contributed by atoms with van der Waals surface area (Å²) in [6.07, 6.45) is 0.842. The van der Waals surface area contributed by atoms with Gasteiger partial charge in [-0.1, -0.05) is 0 Å². The summed E-state index contributed by atoms with van der Waals surface area (Å²) in [6.45, 7) is 1.61. The number of pyridine rings is 1. The minimum absolute atomic E-state index is 0.0101. The molecule has 0 aliphatic carbocycles. The molecule has 0 bridgehead atoms. The number of aromatic nitrogens is 1. The fraction of sp³-hybridized carbons (Fsp3) is 0.154. The number of non-ortho nitro benzene ring substituents is 1. The Hall–Kier alpha value is -2.47. The number of rotatable bonds is 4. The molecular weight excluding hydrogens is 248 g/mol. The average Bonchev–Trinajstić information content (AvgIpc) is 2.39. The maximum Gasteiger partial charge on any atom is 0.269 e. The first-order chi connectivity index (χ1) is 9.08. The summed E-state index contributed by atoms with van der Waals surface area (Å²) >= 11 is 0. The standard InChI is InChI=1S/C13H12N2O4/c1-9(16)12-3-2-8-14-13(12)19-11-6-4-10(5-7-11)15(17)18/h2-9,16H,1H3/t9-/m0/s1. The van der Waals surface area contributed by atoms with E-state index >= 15 is 0 Å². The predicted octanol–water partition coefficient (Wildman–Crippen LogP) is 2.84. The Balaban J connectivity index is 2.24. The molecule has 2 rings (SSSR count). The summed E-state index contributed by atoms with van der Waals surface area (Å²) in [5, 5.41) is 20.1. The molecule has 0 spiro atoms. The van der Waals surface area contributed by atoms with Crippen molar-refractivity contribution < 1.29 is 14.8 Å². The second-order valence-corrected chi connectivity index (χ2v) is 3.93. The fourth-order valence-corrected chi connectivity index (χ4v) is 1.55. The third-order valence-corrected chi connectivity index (χ3v) is 2.51. The number of nitrogens with zero attached hydrogens (tertiary/aromatic N) is 2. The molecule has 0 radical (unpaired) electrons. The van der Waals surface area contributed by atoms with Crippen LogP contribution in [0.2, 0.25) is 0 Å². The van der Waals surface area contributed by atoms with E-state index in [0.717, 1.165) is 0 Å². The fourth-order valence-electron chi connectivity index (χ4n) is 1.55. The molecule has 0 saturated heterocycles. The van der Waals surface area contributed by atoms with Gasteiger partial charge >= 0.3 is 0 Å². The van der Waals surface area contributed by atoms with E-state index in [1.807, 2.05) is 0 Å². The minimum Gasteiger partial charge on any atom is -0.439 e. The average molecular weight is 260 g/mol. The van der Waals surface area contributed by atoms with Crippen molar-refractivity contribution in [3.05, 3.63) is 58.3 Å². The minimum atomic E-state index is -0.707. The van der Waals surface area contributed by atoms with E-state index in [4.69, 9.17) is 4.74 Å². The highest BCUT2D eigenvalue weighted by atomic mass is 16.6. The lowest BCUT2D eigenvalue weighted by Gasteiger charge is -2.11. The highest BCUT2D eigenvalue weighted by Gasteiger charge is 2.11. The summed E-state index contributed by atoms with van der Waals surface area (Å²) in [5.74, 6) is 0.706. The zero-order chi connectivity index (χ0) is 13.8. The number of nitro benzene ring substituents is 1. The van der Waals surface area contributed by atoms with Gasteiger partial charge < -0.3 is 9.84 Å². The van der Waals surface area contributed by atoms with Gasteiger partial charge in [0.15, 0.2) is 0 Å². The number of hydrogen-bond donors (Lipinski definition) is 1. The molecular formula is C13H12N2O4. The third kappa shape index (κ3) is 3.05. The van der Waals surface area contributed by atoms with Gasteiger partial charge in [-0.25, -0.2) is 4.98 Å². The molecule has 0 aliphatic heterocycles. The van der Waals surface area contributed by atoms with Gasteiger partial charge in [-0.15, -0.1) is 0 Å². The Morgan fingerprint density at radius 3 is 2.58 bits per heavy atom. The van der Waals surface area contributed by atoms with E-state index in [9.17, 15) is 15.2 Å². The van der Waals surface area contributed by atoms with E-state index < -0.39 is 11.0 Å². The van der Waals surface area contributed by atoms with Crippen LogP contribution in [0.15, 0.2) is 42.6 Å². The molecule has 0 amide bonds. The van der Waals surface area contributed by atoms with Crippen LogP contribution in [-0.2, 0) is 0 Å². The van der Waals surface area contributed by atoms with Crippen LogP contribution >= 0.6 is 0 Å². The SMILES string of the molecule is C[C@H](O)c1cccnc1Oc1ccc([N+](=O)[O-])cc1. The normalized spacial score (nSPS) is 11.9. The second-order valence-electron chi connectivity index (χ2n) is 3.93. The summed E-state index contributed by atoms with van der Waals surface area (Å²) in [4.78, 5) is 14.1. The lowest BCUT2D eigenvalue weighted by atomic mass is 10.2. The van der Waals surface area contributed by atoms with Crippen LogP contribution in [0.4, 0.5) is 5.69 Å². The van der Waals surface area contributed by atoms with Crippen LogP contribution < -0.4 is 4.74 Å². The van der Waals surface area contributed by atoms with E-state index in [0.29, 0.717) is 11.3 Å². The van der Waals surface area contributed by atoms with Crippen molar-refractivity contribution >= 4 is 5.69 Å². The maximum atomic E-state index is 10.5. The van der Waals surface area contributed by atoms with Crippen molar-refractivity contribution in [3.63, 3.8) is 0 Å². The van der Waals surface area contributed by atoms with Gasteiger partial charge in [-0.3, -0.25) is 10.1 Å². The summed E-state index contributed by atoms with van der Waals surface area (Å²) in [7, 11) is 0. The van der Waals surface area contributed by atoms with Crippen LogP contribution in [0.5, 0.6) is 11.6 Å². The zero-order valence-electron chi connectivity index (χ0n) is 10.2. The largest absolute Gasteiger partial charge is 0.439 e. The van der Waals surface area contributed by atoms with Gasteiger partial charge in [0.1, 0.15) is 5.75 Å². The van der Waals surface area contributed by atoms with Gasteiger partial charge in [-0.05, 0) is 31.2 Å². The van der Waals surface area contributed by atoms with E-state index in [1.54, 1.807) is 25.3 Å². The van der Waals surface area contributed by atoms with Gasteiger partial charge in [0.25, 0.3) is 5.69 Å². The predicted molar refractivity (Wildman–Crippen MR) is 68.0 cm³/mol. The molecule has 0 unspecified atom stereocenters. The summed E-state index contributed by atoms with van der Waals surface area (Å²) in [5.41, 5.74) is 0.546. The van der Waals surface area contributed by atoms with Gasteiger partial charge in [0.2, 0.25) is 5.88 Å². The van der Waals surface area contributed by atoms with Crippen LogP contribution in [0.25, 0.3) is 0 Å². The lowest BCUT2D eigenvalue weighted by Crippen LogP contribution is -1.98. The van der Waals surface area contributed by atoms with E-state index in [2.05, 4.69) is 4.98 Å². The zero-order valence-corrected chi connectivity index (χ0v) is 10.2. The summed E-state index contributed by atoms with van der Waals surface area (Å²) in [6, 6.07) is 9.07. The third-order valence-electron chi connectivity index (χ3n) is 2.51. The number of ether oxygens (including phenoxy) is 1. The van der Waals surface area contributed by atoms with Gasteiger partial charge in [0, 0.05) is 23.9 Å². The number of aliphatic hydroxyl groups excluding tert-OH is 1. The first-order valence-corrected chi connectivity index (χ1v) is 5.63. The van der Waals surface area contributed by atoms with Crippen LogP contribution in [0.1, 0.15) is 18.6 Å². The van der Waals surface area contributed by atoms with Gasteiger partial charge in [-0.2, -0.15) is 0 Å². The number of benzene rings is 1. The van der Waals surface area contributed by atoms with Crippen molar-refractivity contribution in [1.29, 1.82) is 0 Å². The van der Waals surface area contributed by atoms with Crippen LogP contribution in [-0.4, -0.2) is 15.0 Å². The smallest absolute Gasteiger partial charge is 0.269 e. The molecule has 1 aromatic heterocycles. The molecule has 1 heterocycles. The second kappa shape index (κ2) is 5.45. The van der Waals surface area contributed by atoms with Crippen molar-refractivity contribution in [3.8, 4) is 11.6 Å². The highest BCUT2D eigenvalue weighted by Crippen LogP contribution is 2.28. The van der Waals surface area contributed by atoms with Crippen molar-refractivity contribution in [2.75, 3.05) is 0 Å². The molecule has 1 aromatic carbocycles. The Bertz CT molecular complexity index is 581. The molecule has 19 heavy (non-hydrogen) atoms. The van der Waals surface area contributed by atoms with Crippen molar-refractivity contribution in [1.82, 2.24) is 4.98 Å². The van der Waals surface area contributed by atoms with Crippen LogP contribution in [0.3, 0.4) is 0 Å². The molecule has 1 N–H and O–H groups in total. The Morgan fingerprint density at radius 1 is 1.32 bits per heavy atom. The van der Waals surface area contributed by atoms with Crippen molar-refractivity contribution in [2.45, 2.75) is 13.0 Å². The molecule has 0 fully saturated rings. The van der Waals surface area contributed by atoms with E-state index in [-0.39, 0.29) is 11.6 Å². The molecule has 6 heteroatoms. The molecule has 2 aromatic rings. The molecule has 0 aliphatic rings. The Labute approximate surface area is 109 Å². The molecule has 1 atom stereocenters. The number of nitro groups is 1. The highest BCUT2D eigenvalue weighted by molar-refractivity contribution is 5.39. The van der Waals surface area contributed by atoms with Crippen LogP contribution in [0, 0.1) is 10.1 Å². The molecule has 0 saturated carbocycles. The molecule has 6 nitrogen and oxygen atoms in total. The lowest BCUT2D eigenvalue weighted by molar-refractivity contribution is -0.384. The number of hydrogen-bond acceptors (Lipinski definition) is 5. The monoisotopic (exact) mass is 260 g/mol. The summed E-state index contributed by atoms with van der Waals surface area (Å²) < 4.78 is 5.51. The Morgan fingerprint density at radius 2 is 2.00 bits per heavy atom. The molecule has 98 valence electrons.